The number of hydrogen-bond acceptors (Lipinski definition) is 3. The van der Waals surface area contributed by atoms with Crippen molar-refractivity contribution in [2.75, 3.05) is 17.2 Å². The average molecular weight is 419 g/mol. The first-order valence-corrected chi connectivity index (χ1v) is 11.1. The molecule has 0 aliphatic carbocycles. The van der Waals surface area contributed by atoms with Crippen molar-refractivity contribution in [3.8, 4) is 0 Å². The topological polar surface area (TPSA) is 66.5 Å². The second-order valence-corrected chi connectivity index (χ2v) is 8.55. The first-order chi connectivity index (χ1) is 14.6. The molecule has 4 rings (SSSR count). The molecule has 0 saturated heterocycles. The fourth-order valence-corrected chi connectivity index (χ4v) is 4.63. The van der Waals surface area contributed by atoms with E-state index in [1.54, 1.807) is 23.1 Å². The van der Waals surface area contributed by atoms with Crippen molar-refractivity contribution < 1.29 is 13.8 Å². The van der Waals surface area contributed by atoms with Gasteiger partial charge in [-0.05, 0) is 35.7 Å². The second kappa shape index (κ2) is 9.05. The van der Waals surface area contributed by atoms with Gasteiger partial charge in [0.25, 0.3) is 5.91 Å². The van der Waals surface area contributed by atoms with Crippen molar-refractivity contribution in [2.45, 2.75) is 17.9 Å². The maximum atomic E-state index is 12.7. The molecule has 0 spiro atoms. The molecule has 1 heterocycles. The maximum absolute atomic E-state index is 12.7. The van der Waals surface area contributed by atoms with Gasteiger partial charge in [-0.15, -0.1) is 0 Å². The summed E-state index contributed by atoms with van der Waals surface area (Å²) in [6, 6.07) is 24.6. The van der Waals surface area contributed by atoms with Gasteiger partial charge in [0.15, 0.2) is 0 Å². The Bertz CT molecular complexity index is 1080. The molecule has 0 aromatic heterocycles. The molecule has 5 nitrogen and oxygen atoms in total. The molecule has 0 unspecified atom stereocenters. The number of amides is 2. The molecule has 152 valence electrons. The van der Waals surface area contributed by atoms with Crippen LogP contribution in [0.5, 0.6) is 0 Å². The second-order valence-electron chi connectivity index (χ2n) is 7.13. The van der Waals surface area contributed by atoms with Gasteiger partial charge in [-0.2, -0.15) is 0 Å². The Morgan fingerprint density at radius 3 is 2.30 bits per heavy atom. The van der Waals surface area contributed by atoms with E-state index < -0.39 is 10.8 Å². The molecule has 0 fully saturated rings. The Kier molecular flexibility index (Phi) is 6.05. The monoisotopic (exact) mass is 418 g/mol. The van der Waals surface area contributed by atoms with Crippen LogP contribution in [0.1, 0.15) is 21.5 Å². The fourth-order valence-electron chi connectivity index (χ4n) is 3.47. The predicted molar refractivity (Wildman–Crippen MR) is 118 cm³/mol. The minimum Gasteiger partial charge on any atom is -0.352 e. The zero-order chi connectivity index (χ0) is 20.9. The summed E-state index contributed by atoms with van der Waals surface area (Å²) in [5.41, 5.74) is 3.12. The van der Waals surface area contributed by atoms with Crippen molar-refractivity contribution in [3.63, 3.8) is 0 Å². The van der Waals surface area contributed by atoms with Gasteiger partial charge < -0.3 is 10.2 Å². The molecule has 0 saturated carbocycles. The Morgan fingerprint density at radius 2 is 1.60 bits per heavy atom. The van der Waals surface area contributed by atoms with E-state index in [2.05, 4.69) is 5.32 Å². The molecule has 30 heavy (non-hydrogen) atoms. The van der Waals surface area contributed by atoms with Crippen LogP contribution in [0.25, 0.3) is 0 Å². The average Bonchev–Trinajstić information content (AvgIpc) is 2.77. The van der Waals surface area contributed by atoms with E-state index in [1.165, 1.54) is 0 Å². The van der Waals surface area contributed by atoms with Crippen LogP contribution < -0.4 is 10.2 Å². The van der Waals surface area contributed by atoms with Gasteiger partial charge in [-0.3, -0.25) is 13.8 Å². The summed E-state index contributed by atoms with van der Waals surface area (Å²) in [4.78, 5) is 27.5. The van der Waals surface area contributed by atoms with Crippen molar-refractivity contribution in [2.24, 2.45) is 0 Å². The van der Waals surface area contributed by atoms with Crippen LogP contribution in [0.15, 0.2) is 83.8 Å². The third kappa shape index (κ3) is 4.49. The fraction of sp³-hybridized carbons (Fsp3) is 0.167. The molecule has 3 aromatic rings. The minimum absolute atomic E-state index is 0.0392. The molecule has 1 atom stereocenters. The standard InChI is InChI=1S/C24H22N2O3S/c27-23-17-30(29)22-12-11-20(24(28)25-14-13-18-7-3-1-4-8-18)15-21(22)26(23)16-19-9-5-2-6-10-19/h1-12,15H,13-14,16-17H2,(H,25,28)/t30-/m1/s1. The van der Waals surface area contributed by atoms with E-state index in [4.69, 9.17) is 0 Å². The first-order valence-electron chi connectivity index (χ1n) is 9.80. The molecular weight excluding hydrogens is 396 g/mol. The van der Waals surface area contributed by atoms with Crippen LogP contribution in [-0.4, -0.2) is 28.3 Å². The van der Waals surface area contributed by atoms with Gasteiger partial charge in [-0.25, -0.2) is 0 Å². The molecule has 0 bridgehead atoms. The summed E-state index contributed by atoms with van der Waals surface area (Å²) in [6.45, 7) is 0.890. The van der Waals surface area contributed by atoms with E-state index in [0.717, 1.165) is 17.5 Å². The number of benzene rings is 3. The van der Waals surface area contributed by atoms with Crippen molar-refractivity contribution in [1.29, 1.82) is 0 Å². The van der Waals surface area contributed by atoms with Crippen LogP contribution in [0.2, 0.25) is 0 Å². The highest BCUT2D eigenvalue weighted by Gasteiger charge is 2.30. The number of fused-ring (bicyclic) bond motifs is 1. The summed E-state index contributed by atoms with van der Waals surface area (Å²) in [7, 11) is -1.40. The highest BCUT2D eigenvalue weighted by Crippen LogP contribution is 2.31. The third-order valence-corrected chi connectivity index (χ3v) is 6.38. The largest absolute Gasteiger partial charge is 0.352 e. The SMILES string of the molecule is O=C(NCCc1ccccc1)c1ccc2c(c1)N(Cc1ccccc1)C(=O)C[S@]2=O. The molecule has 3 aromatic carbocycles. The van der Waals surface area contributed by atoms with Gasteiger partial charge in [0.1, 0.15) is 5.75 Å². The molecule has 1 aliphatic heterocycles. The maximum Gasteiger partial charge on any atom is 0.251 e. The lowest BCUT2D eigenvalue weighted by Crippen LogP contribution is -2.38. The van der Waals surface area contributed by atoms with Gasteiger partial charge >= 0.3 is 0 Å². The van der Waals surface area contributed by atoms with E-state index in [1.807, 2.05) is 60.7 Å². The molecule has 1 N–H and O–H groups in total. The van der Waals surface area contributed by atoms with E-state index in [-0.39, 0.29) is 17.6 Å². The zero-order valence-corrected chi connectivity index (χ0v) is 17.2. The summed E-state index contributed by atoms with van der Waals surface area (Å²) in [5, 5.41) is 2.92. The Balaban J connectivity index is 1.53. The molecular formula is C24H22N2O3S. The highest BCUT2D eigenvalue weighted by molar-refractivity contribution is 7.86. The van der Waals surface area contributed by atoms with Crippen LogP contribution in [0, 0.1) is 0 Å². The summed E-state index contributed by atoms with van der Waals surface area (Å²) in [6.07, 6.45) is 0.736. The first kappa shape index (κ1) is 20.0. The number of hydrogen-bond donors (Lipinski definition) is 1. The summed E-state index contributed by atoms with van der Waals surface area (Å²) in [5.74, 6) is -0.453. The van der Waals surface area contributed by atoms with E-state index >= 15 is 0 Å². The quantitative estimate of drug-likeness (QED) is 0.668. The lowest BCUT2D eigenvalue weighted by Gasteiger charge is -2.29. The third-order valence-electron chi connectivity index (χ3n) is 5.04. The molecule has 2 amide bonds. The van der Waals surface area contributed by atoms with Crippen LogP contribution in [0.3, 0.4) is 0 Å². The Labute approximate surface area is 178 Å². The number of rotatable bonds is 6. The van der Waals surface area contributed by atoms with Gasteiger partial charge in [0.2, 0.25) is 5.91 Å². The number of carbonyl (C=O) groups excluding carboxylic acids is 2. The van der Waals surface area contributed by atoms with Gasteiger partial charge in [0.05, 0.1) is 27.9 Å². The number of nitrogens with zero attached hydrogens (tertiary/aromatic N) is 1. The van der Waals surface area contributed by atoms with Crippen molar-refractivity contribution in [3.05, 3.63) is 95.6 Å². The van der Waals surface area contributed by atoms with E-state index in [9.17, 15) is 13.8 Å². The normalized spacial score (nSPS) is 15.5. The molecule has 0 radical (unpaired) electrons. The molecule has 1 aliphatic rings. The summed E-state index contributed by atoms with van der Waals surface area (Å²) >= 11 is 0. The van der Waals surface area contributed by atoms with Crippen LogP contribution in [-0.2, 0) is 28.6 Å². The number of anilines is 1. The van der Waals surface area contributed by atoms with Gasteiger partial charge in [-0.1, -0.05) is 60.7 Å². The van der Waals surface area contributed by atoms with Crippen LogP contribution in [0.4, 0.5) is 5.69 Å². The molecule has 6 heteroatoms. The predicted octanol–water partition coefficient (Wildman–Crippen LogP) is 3.31. The summed E-state index contributed by atoms with van der Waals surface area (Å²) < 4.78 is 12.5. The highest BCUT2D eigenvalue weighted by atomic mass is 32.2. The smallest absolute Gasteiger partial charge is 0.251 e. The lowest BCUT2D eigenvalue weighted by molar-refractivity contribution is -0.116. The Morgan fingerprint density at radius 1 is 0.933 bits per heavy atom. The lowest BCUT2D eigenvalue weighted by atomic mass is 10.1. The van der Waals surface area contributed by atoms with Crippen LogP contribution >= 0.6 is 0 Å². The van der Waals surface area contributed by atoms with Gasteiger partial charge in [0, 0.05) is 12.1 Å². The Hall–Kier alpha value is -3.25. The van der Waals surface area contributed by atoms with E-state index in [0.29, 0.717) is 29.2 Å². The number of nitrogens with one attached hydrogen (secondary N) is 1. The zero-order valence-electron chi connectivity index (χ0n) is 16.4. The minimum atomic E-state index is -1.40. The number of carbonyl (C=O) groups is 2. The van der Waals surface area contributed by atoms with Crippen molar-refractivity contribution >= 4 is 28.3 Å². The van der Waals surface area contributed by atoms with Crippen molar-refractivity contribution in [1.82, 2.24) is 5.32 Å².